The highest BCUT2D eigenvalue weighted by molar-refractivity contribution is 5.92. The first-order valence-corrected chi connectivity index (χ1v) is 7.46. The van der Waals surface area contributed by atoms with Crippen LogP contribution in [-0.4, -0.2) is 5.97 Å². The number of carboxylic acids is 1. The van der Waals surface area contributed by atoms with Crippen LogP contribution in [0.5, 0.6) is 0 Å². The van der Waals surface area contributed by atoms with E-state index in [0.29, 0.717) is 10.4 Å². The summed E-state index contributed by atoms with van der Waals surface area (Å²) in [7, 11) is 0. The van der Waals surface area contributed by atoms with Crippen molar-refractivity contribution in [1.82, 2.24) is 0 Å². The highest BCUT2D eigenvalue weighted by Gasteiger charge is 2.17. The van der Waals surface area contributed by atoms with Gasteiger partial charge in [0, 0.05) is 6.07 Å². The maximum absolute atomic E-state index is 11.4. The number of hydrogen-bond donors (Lipinski definition) is 1. The number of carbonyl (C=O) groups is 1. The van der Waals surface area contributed by atoms with Gasteiger partial charge in [-0.2, -0.15) is 4.73 Å². The molecule has 1 heterocycles. The Balaban J connectivity index is 2.04. The lowest BCUT2D eigenvalue weighted by Gasteiger charge is -2.22. The molecule has 120 valence electrons. The Morgan fingerprint density at radius 3 is 1.96 bits per heavy atom. The summed E-state index contributed by atoms with van der Waals surface area (Å²) in [6, 6.07) is 20.5. The number of aromatic carboxylic acids is 1. The number of pyridine rings is 1. The van der Waals surface area contributed by atoms with Crippen LogP contribution < -0.4 is 15.2 Å². The molecule has 0 radical (unpaired) electrons. The molecule has 0 unspecified atom stereocenters. The van der Waals surface area contributed by atoms with E-state index in [0.717, 1.165) is 17.3 Å². The van der Waals surface area contributed by atoms with Gasteiger partial charge >= 0.3 is 0 Å². The fraction of sp³-hybridized carbons (Fsp3) is 0.0526. The molecule has 0 fully saturated rings. The first kappa shape index (κ1) is 15.6. The number of carbonyl (C=O) groups excluding carboxylic acids is 1. The molecule has 5 nitrogen and oxygen atoms in total. The normalized spacial score (nSPS) is 10.5. The van der Waals surface area contributed by atoms with Crippen LogP contribution in [0.1, 0.15) is 27.5 Å². The van der Waals surface area contributed by atoms with E-state index < -0.39 is 5.97 Å². The Morgan fingerprint density at radius 1 is 0.917 bits per heavy atom. The van der Waals surface area contributed by atoms with Crippen molar-refractivity contribution in [1.29, 1.82) is 0 Å². The molecule has 0 amide bonds. The van der Waals surface area contributed by atoms with E-state index in [-0.39, 0.29) is 11.6 Å². The van der Waals surface area contributed by atoms with Gasteiger partial charge in [0.15, 0.2) is 12.4 Å². The Bertz CT molecular complexity index is 796. The van der Waals surface area contributed by atoms with Crippen LogP contribution in [0.2, 0.25) is 0 Å². The van der Waals surface area contributed by atoms with Crippen LogP contribution in [-0.2, 0) is 0 Å². The Hall–Kier alpha value is -3.34. The quantitative estimate of drug-likeness (QED) is 0.575. The highest BCUT2D eigenvalue weighted by atomic mass is 16.5. The van der Waals surface area contributed by atoms with E-state index in [2.05, 4.69) is 5.32 Å². The zero-order valence-corrected chi connectivity index (χ0v) is 12.8. The number of rotatable bonds is 5. The molecule has 5 heteroatoms. The second-order valence-electron chi connectivity index (χ2n) is 5.32. The number of anilines is 1. The maximum Gasteiger partial charge on any atom is 0.191 e. The zero-order chi connectivity index (χ0) is 16.9. The van der Waals surface area contributed by atoms with Crippen LogP contribution in [0.4, 0.5) is 5.69 Å². The molecule has 0 aliphatic heterocycles. The molecule has 0 saturated heterocycles. The second-order valence-corrected chi connectivity index (χ2v) is 5.32. The first-order chi connectivity index (χ1) is 11.6. The number of aromatic nitrogens is 1. The summed E-state index contributed by atoms with van der Waals surface area (Å²) in [4.78, 5) is 11.3. The molecule has 1 aromatic heterocycles. The Kier molecular flexibility index (Phi) is 4.43. The van der Waals surface area contributed by atoms with Gasteiger partial charge in [-0.25, -0.2) is 0 Å². The van der Waals surface area contributed by atoms with Crippen molar-refractivity contribution in [3.8, 4) is 0 Å². The van der Waals surface area contributed by atoms with E-state index >= 15 is 0 Å². The molecule has 0 aliphatic rings. The third-order valence-corrected chi connectivity index (χ3v) is 3.72. The van der Waals surface area contributed by atoms with Gasteiger partial charge in [0.2, 0.25) is 0 Å². The van der Waals surface area contributed by atoms with Crippen molar-refractivity contribution in [2.45, 2.75) is 6.04 Å². The average molecular weight is 319 g/mol. The summed E-state index contributed by atoms with van der Waals surface area (Å²) >= 11 is 0. The van der Waals surface area contributed by atoms with Gasteiger partial charge in [0.1, 0.15) is 0 Å². The van der Waals surface area contributed by atoms with Crippen molar-refractivity contribution in [3.63, 3.8) is 0 Å². The minimum absolute atomic E-state index is 0.177. The monoisotopic (exact) mass is 319 g/mol. The molecule has 0 atom stereocenters. The number of nitrogens with one attached hydrogen (secondary N) is 1. The average Bonchev–Trinajstić information content (AvgIpc) is 2.62. The fourth-order valence-corrected chi connectivity index (χ4v) is 2.57. The van der Waals surface area contributed by atoms with E-state index in [1.807, 2.05) is 60.7 Å². The van der Waals surface area contributed by atoms with Gasteiger partial charge in [-0.15, -0.1) is 0 Å². The molecule has 3 aromatic rings. The minimum atomic E-state index is -1.40. The predicted molar refractivity (Wildman–Crippen MR) is 88.1 cm³/mol. The van der Waals surface area contributed by atoms with E-state index in [1.54, 1.807) is 0 Å². The largest absolute Gasteiger partial charge is 0.619 e. The van der Waals surface area contributed by atoms with Crippen molar-refractivity contribution in [2.75, 3.05) is 5.32 Å². The summed E-state index contributed by atoms with van der Waals surface area (Å²) in [5.74, 6) is -1.40. The topological polar surface area (TPSA) is 79.1 Å². The molecule has 2 aromatic carbocycles. The number of hydrogen-bond acceptors (Lipinski definition) is 4. The second kappa shape index (κ2) is 6.83. The predicted octanol–water partition coefficient (Wildman–Crippen LogP) is 1.89. The molecular formula is C19H15N2O3-. The maximum atomic E-state index is 11.4. The lowest BCUT2D eigenvalue weighted by atomic mass is 9.98. The molecule has 0 aliphatic carbocycles. The van der Waals surface area contributed by atoms with E-state index in [9.17, 15) is 15.1 Å². The van der Waals surface area contributed by atoms with Gasteiger partial charge in [-0.05, 0) is 11.1 Å². The molecule has 0 saturated carbocycles. The van der Waals surface area contributed by atoms with Gasteiger partial charge in [0.25, 0.3) is 0 Å². The lowest BCUT2D eigenvalue weighted by Crippen LogP contribution is -2.32. The summed E-state index contributed by atoms with van der Waals surface area (Å²) in [5, 5.41) is 25.9. The highest BCUT2D eigenvalue weighted by Crippen LogP contribution is 2.27. The lowest BCUT2D eigenvalue weighted by molar-refractivity contribution is -0.605. The summed E-state index contributed by atoms with van der Waals surface area (Å²) < 4.78 is 0.441. The molecule has 1 N–H and O–H groups in total. The van der Waals surface area contributed by atoms with Crippen LogP contribution in [0.15, 0.2) is 79.1 Å². The van der Waals surface area contributed by atoms with Gasteiger partial charge in [-0.3, -0.25) is 0 Å². The van der Waals surface area contributed by atoms with Crippen LogP contribution >= 0.6 is 0 Å². The zero-order valence-electron chi connectivity index (χ0n) is 12.8. The SMILES string of the molecule is O=C([O-])c1c[n+]([O-])ccc1NC(c1ccccc1)c1ccccc1. The van der Waals surface area contributed by atoms with Crippen molar-refractivity contribution >= 4 is 11.7 Å². The van der Waals surface area contributed by atoms with Crippen molar-refractivity contribution < 1.29 is 14.6 Å². The Morgan fingerprint density at radius 2 is 1.46 bits per heavy atom. The Labute approximate surface area is 139 Å². The van der Waals surface area contributed by atoms with Crippen LogP contribution in [0.25, 0.3) is 0 Å². The third-order valence-electron chi connectivity index (χ3n) is 3.72. The van der Waals surface area contributed by atoms with Gasteiger partial charge in [0.05, 0.1) is 23.3 Å². The van der Waals surface area contributed by atoms with Crippen LogP contribution in [0.3, 0.4) is 0 Å². The van der Waals surface area contributed by atoms with Gasteiger partial charge < -0.3 is 20.4 Å². The van der Waals surface area contributed by atoms with E-state index in [1.165, 1.54) is 12.3 Å². The minimum Gasteiger partial charge on any atom is -0.619 e. The summed E-state index contributed by atoms with van der Waals surface area (Å²) in [6.07, 6.45) is 2.24. The van der Waals surface area contributed by atoms with Crippen molar-refractivity contribution in [2.24, 2.45) is 0 Å². The van der Waals surface area contributed by atoms with Gasteiger partial charge in [-0.1, -0.05) is 60.7 Å². The molecule has 3 rings (SSSR count). The summed E-state index contributed by atoms with van der Waals surface area (Å²) in [6.45, 7) is 0. The summed E-state index contributed by atoms with van der Waals surface area (Å²) in [5.41, 5.74) is 2.11. The molecule has 0 bridgehead atoms. The van der Waals surface area contributed by atoms with Crippen molar-refractivity contribution in [3.05, 3.63) is 101 Å². The standard InChI is InChI=1S/C19H16N2O3/c22-19(23)16-13-21(24)12-11-17(16)20-18(14-7-3-1-4-8-14)15-9-5-2-6-10-15/h1-13,18,20H,(H,22,23)/p-1. The number of benzene rings is 2. The smallest absolute Gasteiger partial charge is 0.191 e. The number of carboxylic acid groups (broad SMARTS) is 1. The molecule has 0 spiro atoms. The molecular weight excluding hydrogens is 304 g/mol. The van der Waals surface area contributed by atoms with Crippen LogP contribution in [0, 0.1) is 5.21 Å². The fourth-order valence-electron chi connectivity index (χ4n) is 2.57. The number of nitrogens with zero attached hydrogens (tertiary/aromatic N) is 1. The molecule has 24 heavy (non-hydrogen) atoms. The third kappa shape index (κ3) is 3.35. The van der Waals surface area contributed by atoms with E-state index in [4.69, 9.17) is 0 Å². The first-order valence-electron chi connectivity index (χ1n) is 7.46.